The Morgan fingerprint density at radius 3 is 2.71 bits per heavy atom. The Labute approximate surface area is 87.9 Å². The van der Waals surface area contributed by atoms with Crippen LogP contribution in [0, 0.1) is 0 Å². The summed E-state index contributed by atoms with van der Waals surface area (Å²) in [5.74, 6) is 0.0194. The second-order valence-corrected chi connectivity index (χ2v) is 3.34. The van der Waals surface area contributed by atoms with Gasteiger partial charge >= 0.3 is 0 Å². The fourth-order valence-corrected chi connectivity index (χ4v) is 1.50. The lowest BCUT2D eigenvalue weighted by atomic mass is 10.2. The van der Waals surface area contributed by atoms with Crippen molar-refractivity contribution in [1.29, 1.82) is 0 Å². The second kappa shape index (κ2) is 4.65. The van der Waals surface area contributed by atoms with Gasteiger partial charge in [0.2, 0.25) is 5.88 Å². The molecule has 14 heavy (non-hydrogen) atoms. The molecule has 0 fully saturated rings. The minimum Gasteiger partial charge on any atom is -0.481 e. The van der Waals surface area contributed by atoms with Crippen LogP contribution in [0.25, 0.3) is 0 Å². The molecule has 0 radical (unpaired) electrons. The number of aromatic nitrogens is 1. The number of alkyl halides is 2. The van der Waals surface area contributed by atoms with Crippen molar-refractivity contribution in [2.75, 3.05) is 7.11 Å². The van der Waals surface area contributed by atoms with E-state index in [1.165, 1.54) is 13.2 Å². The van der Waals surface area contributed by atoms with Crippen LogP contribution < -0.4 is 4.74 Å². The summed E-state index contributed by atoms with van der Waals surface area (Å²) in [5, 5.41) is 8.88. The van der Waals surface area contributed by atoms with Gasteiger partial charge in [0.05, 0.1) is 13.7 Å². The zero-order valence-corrected chi connectivity index (χ0v) is 8.88. The quantitative estimate of drug-likeness (QED) is 0.914. The van der Waals surface area contributed by atoms with Crippen LogP contribution in [0.1, 0.15) is 17.7 Å². The van der Waals surface area contributed by atoms with Gasteiger partial charge in [-0.2, -0.15) is 0 Å². The number of halogens is 3. The van der Waals surface area contributed by atoms with Crippen molar-refractivity contribution in [3.05, 3.63) is 21.8 Å². The summed E-state index contributed by atoms with van der Waals surface area (Å²) in [6.45, 7) is -0.307. The molecule has 0 aromatic carbocycles. The molecule has 0 spiro atoms. The Hall–Kier alpha value is -0.750. The SMILES string of the molecule is COc1nc(C(F)F)c(Br)cc1CO. The van der Waals surface area contributed by atoms with E-state index >= 15 is 0 Å². The van der Waals surface area contributed by atoms with Crippen LogP contribution in [0.5, 0.6) is 5.88 Å². The molecule has 0 bridgehead atoms. The Morgan fingerprint density at radius 2 is 2.29 bits per heavy atom. The van der Waals surface area contributed by atoms with E-state index in [2.05, 4.69) is 20.9 Å². The minimum absolute atomic E-state index is 0.0194. The van der Waals surface area contributed by atoms with Gasteiger partial charge in [-0.25, -0.2) is 13.8 Å². The minimum atomic E-state index is -2.67. The largest absolute Gasteiger partial charge is 0.481 e. The molecule has 0 atom stereocenters. The van der Waals surface area contributed by atoms with E-state index < -0.39 is 6.43 Å². The zero-order chi connectivity index (χ0) is 10.7. The molecule has 0 amide bonds. The van der Waals surface area contributed by atoms with E-state index in [4.69, 9.17) is 9.84 Å². The molecule has 0 aliphatic rings. The highest BCUT2D eigenvalue weighted by Gasteiger charge is 2.17. The lowest BCUT2D eigenvalue weighted by Gasteiger charge is -2.09. The maximum Gasteiger partial charge on any atom is 0.281 e. The first-order chi connectivity index (χ1) is 6.60. The molecule has 0 aliphatic carbocycles. The van der Waals surface area contributed by atoms with E-state index in [-0.39, 0.29) is 22.7 Å². The fourth-order valence-electron chi connectivity index (χ4n) is 0.966. The van der Waals surface area contributed by atoms with Gasteiger partial charge in [0.15, 0.2) is 0 Å². The van der Waals surface area contributed by atoms with E-state index in [1.807, 2.05) is 0 Å². The van der Waals surface area contributed by atoms with Crippen LogP contribution in [0.2, 0.25) is 0 Å². The summed E-state index contributed by atoms with van der Waals surface area (Å²) in [6.07, 6.45) is -2.67. The zero-order valence-electron chi connectivity index (χ0n) is 7.30. The van der Waals surface area contributed by atoms with Gasteiger partial charge in [-0.05, 0) is 22.0 Å². The van der Waals surface area contributed by atoms with Gasteiger partial charge in [0.25, 0.3) is 6.43 Å². The Kier molecular flexibility index (Phi) is 3.77. The number of pyridine rings is 1. The monoisotopic (exact) mass is 267 g/mol. The number of methoxy groups -OCH3 is 1. The van der Waals surface area contributed by atoms with E-state index in [1.54, 1.807) is 0 Å². The fraction of sp³-hybridized carbons (Fsp3) is 0.375. The lowest BCUT2D eigenvalue weighted by Crippen LogP contribution is -2.00. The highest BCUT2D eigenvalue weighted by atomic mass is 79.9. The summed E-state index contributed by atoms with van der Waals surface area (Å²) in [7, 11) is 1.31. The van der Waals surface area contributed by atoms with Crippen molar-refractivity contribution in [2.45, 2.75) is 13.0 Å². The number of hydrogen-bond donors (Lipinski definition) is 1. The van der Waals surface area contributed by atoms with Crippen LogP contribution in [0.15, 0.2) is 10.5 Å². The van der Waals surface area contributed by atoms with Crippen molar-refractivity contribution in [1.82, 2.24) is 4.98 Å². The van der Waals surface area contributed by atoms with E-state index in [0.717, 1.165) is 0 Å². The third-order valence-electron chi connectivity index (χ3n) is 1.61. The average molecular weight is 268 g/mol. The standard InChI is InChI=1S/C8H8BrF2NO2/c1-14-8-4(3-13)2-5(9)6(12-8)7(10)11/h2,7,13H,3H2,1H3. The Morgan fingerprint density at radius 1 is 1.64 bits per heavy atom. The molecule has 3 nitrogen and oxygen atoms in total. The van der Waals surface area contributed by atoms with Crippen LogP contribution in [-0.4, -0.2) is 17.2 Å². The summed E-state index contributed by atoms with van der Waals surface area (Å²) in [6, 6.07) is 1.37. The molecule has 0 saturated heterocycles. The van der Waals surface area contributed by atoms with Gasteiger partial charge in [-0.1, -0.05) is 0 Å². The van der Waals surface area contributed by atoms with Crippen molar-refractivity contribution in [3.63, 3.8) is 0 Å². The molecule has 1 aromatic heterocycles. The van der Waals surface area contributed by atoms with Crippen LogP contribution in [-0.2, 0) is 6.61 Å². The third-order valence-corrected chi connectivity index (χ3v) is 2.25. The van der Waals surface area contributed by atoms with Gasteiger partial charge in [-0.3, -0.25) is 0 Å². The predicted octanol–water partition coefficient (Wildman–Crippen LogP) is 2.28. The normalized spacial score (nSPS) is 10.7. The first kappa shape index (κ1) is 11.3. The summed E-state index contributed by atoms with van der Waals surface area (Å²) in [5.41, 5.74) is -0.0252. The Bertz CT molecular complexity index is 333. The Balaban J connectivity index is 3.23. The van der Waals surface area contributed by atoms with Crippen LogP contribution in [0.3, 0.4) is 0 Å². The average Bonchev–Trinajstić information content (AvgIpc) is 2.16. The summed E-state index contributed by atoms with van der Waals surface area (Å²) < 4.78 is 29.7. The number of aliphatic hydroxyl groups is 1. The number of ether oxygens (including phenoxy) is 1. The van der Waals surface area contributed by atoms with E-state index in [9.17, 15) is 8.78 Å². The number of hydrogen-bond acceptors (Lipinski definition) is 3. The molecule has 1 N–H and O–H groups in total. The van der Waals surface area contributed by atoms with Gasteiger partial charge in [0, 0.05) is 10.0 Å². The third kappa shape index (κ3) is 2.19. The number of aliphatic hydroxyl groups excluding tert-OH is 1. The van der Waals surface area contributed by atoms with Crippen LogP contribution in [0.4, 0.5) is 8.78 Å². The van der Waals surface area contributed by atoms with Crippen molar-refractivity contribution in [2.24, 2.45) is 0 Å². The van der Waals surface area contributed by atoms with Gasteiger partial charge in [0.1, 0.15) is 5.69 Å². The molecular weight excluding hydrogens is 260 g/mol. The highest BCUT2D eigenvalue weighted by Crippen LogP contribution is 2.30. The van der Waals surface area contributed by atoms with Crippen molar-refractivity contribution in [3.8, 4) is 5.88 Å². The highest BCUT2D eigenvalue weighted by molar-refractivity contribution is 9.10. The predicted molar refractivity (Wildman–Crippen MR) is 49.4 cm³/mol. The van der Waals surface area contributed by atoms with Gasteiger partial charge < -0.3 is 9.84 Å². The lowest BCUT2D eigenvalue weighted by molar-refractivity contribution is 0.143. The molecule has 78 valence electrons. The first-order valence-electron chi connectivity index (χ1n) is 3.72. The maximum absolute atomic E-state index is 12.4. The molecular formula is C8H8BrF2NO2. The molecule has 0 aliphatic heterocycles. The number of rotatable bonds is 3. The molecule has 1 heterocycles. The molecule has 0 saturated carbocycles. The van der Waals surface area contributed by atoms with Crippen molar-refractivity contribution < 1.29 is 18.6 Å². The molecule has 1 aromatic rings. The van der Waals surface area contributed by atoms with Crippen LogP contribution >= 0.6 is 15.9 Å². The summed E-state index contributed by atoms with van der Waals surface area (Å²) in [4.78, 5) is 3.58. The smallest absolute Gasteiger partial charge is 0.281 e. The van der Waals surface area contributed by atoms with Gasteiger partial charge in [-0.15, -0.1) is 0 Å². The summed E-state index contributed by atoms with van der Waals surface area (Å²) >= 11 is 2.94. The molecule has 6 heteroatoms. The first-order valence-corrected chi connectivity index (χ1v) is 4.51. The maximum atomic E-state index is 12.4. The number of nitrogens with zero attached hydrogens (tertiary/aromatic N) is 1. The van der Waals surface area contributed by atoms with Crippen molar-refractivity contribution >= 4 is 15.9 Å². The topological polar surface area (TPSA) is 42.4 Å². The molecule has 0 unspecified atom stereocenters. The van der Waals surface area contributed by atoms with E-state index in [0.29, 0.717) is 5.56 Å². The second-order valence-electron chi connectivity index (χ2n) is 2.48. The molecule has 1 rings (SSSR count).